The second-order valence-electron chi connectivity index (χ2n) is 2.76. The summed E-state index contributed by atoms with van der Waals surface area (Å²) in [5.41, 5.74) is 0. The second kappa shape index (κ2) is 5.59. The molecule has 0 unspecified atom stereocenters. The van der Waals surface area contributed by atoms with E-state index in [0.29, 0.717) is 0 Å². The minimum atomic E-state index is -1.88. The van der Waals surface area contributed by atoms with E-state index >= 15 is 0 Å². The van der Waals surface area contributed by atoms with Crippen LogP contribution in [0.3, 0.4) is 0 Å². The summed E-state index contributed by atoms with van der Waals surface area (Å²) >= 11 is 21.6. The normalized spacial score (nSPS) is 12.1. The maximum atomic E-state index is 11.0. The first-order chi connectivity index (χ1) is 6.55. The van der Waals surface area contributed by atoms with Crippen LogP contribution in [0.5, 0.6) is 0 Å². The van der Waals surface area contributed by atoms with Crippen molar-refractivity contribution in [3.63, 3.8) is 0 Å². The quantitative estimate of drug-likeness (QED) is 0.582. The maximum absolute atomic E-state index is 11.0. The van der Waals surface area contributed by atoms with E-state index in [0.717, 1.165) is 0 Å². The largest absolute Gasteiger partial charge is 0.487 e. The van der Waals surface area contributed by atoms with E-state index in [1.165, 1.54) is 13.8 Å². The van der Waals surface area contributed by atoms with Gasteiger partial charge in [-0.3, -0.25) is 9.59 Å². The zero-order chi connectivity index (χ0) is 12.3. The van der Waals surface area contributed by atoms with Crippen LogP contribution in [0.25, 0.3) is 0 Å². The summed E-state index contributed by atoms with van der Waals surface area (Å²) in [5, 5.41) is 0. The van der Waals surface area contributed by atoms with E-state index < -0.39 is 30.6 Å². The lowest BCUT2D eigenvalue weighted by Gasteiger charge is -2.15. The highest BCUT2D eigenvalue weighted by Gasteiger charge is 2.32. The standard InChI is InChI=1S/C6H8Cl4O4Si/c1-5(7,8)3(11)13-15-14-4(12)6(2,9)10/h15H2,1-2H3. The first-order valence-electron chi connectivity index (χ1n) is 3.65. The Labute approximate surface area is 109 Å². The van der Waals surface area contributed by atoms with Crippen molar-refractivity contribution < 1.29 is 18.4 Å². The third kappa shape index (κ3) is 6.47. The second-order valence-corrected chi connectivity index (χ2v) is 6.98. The van der Waals surface area contributed by atoms with Crippen molar-refractivity contribution in [1.82, 2.24) is 0 Å². The number of rotatable bonds is 4. The predicted octanol–water partition coefficient (Wildman–Crippen LogP) is 1.46. The average Bonchev–Trinajstić information content (AvgIpc) is 2.00. The summed E-state index contributed by atoms with van der Waals surface area (Å²) in [4.78, 5) is 22.0. The van der Waals surface area contributed by atoms with Crippen LogP contribution in [0.15, 0.2) is 0 Å². The minimum absolute atomic E-state index is 0.879. The number of hydrogen-bond donors (Lipinski definition) is 0. The van der Waals surface area contributed by atoms with Gasteiger partial charge < -0.3 is 8.85 Å². The van der Waals surface area contributed by atoms with E-state index in [1.54, 1.807) is 0 Å². The van der Waals surface area contributed by atoms with E-state index in [-0.39, 0.29) is 0 Å². The Morgan fingerprint density at radius 1 is 0.933 bits per heavy atom. The molecule has 0 fully saturated rings. The van der Waals surface area contributed by atoms with Gasteiger partial charge in [-0.2, -0.15) is 0 Å². The molecule has 0 saturated heterocycles. The van der Waals surface area contributed by atoms with Crippen molar-refractivity contribution >= 4 is 68.3 Å². The summed E-state index contributed by atoms with van der Waals surface area (Å²) in [6.07, 6.45) is 0. The van der Waals surface area contributed by atoms with Gasteiger partial charge in [-0.05, 0) is 13.8 Å². The lowest BCUT2D eigenvalue weighted by Crippen LogP contribution is -2.31. The number of halogens is 4. The highest BCUT2D eigenvalue weighted by Crippen LogP contribution is 2.22. The molecule has 0 saturated carbocycles. The molecule has 0 aromatic rings. The van der Waals surface area contributed by atoms with Gasteiger partial charge in [-0.1, -0.05) is 46.4 Å². The molecule has 0 aromatic carbocycles. The molecule has 9 heteroatoms. The van der Waals surface area contributed by atoms with Crippen molar-refractivity contribution in [3.05, 3.63) is 0 Å². The molecule has 0 aliphatic rings. The fourth-order valence-corrected chi connectivity index (χ4v) is 1.82. The van der Waals surface area contributed by atoms with Crippen LogP contribution >= 0.6 is 46.4 Å². The van der Waals surface area contributed by atoms with Gasteiger partial charge in [-0.15, -0.1) is 0 Å². The van der Waals surface area contributed by atoms with E-state index in [4.69, 9.17) is 46.4 Å². The van der Waals surface area contributed by atoms with Crippen LogP contribution in [-0.2, 0) is 18.4 Å². The molecule has 4 nitrogen and oxygen atoms in total. The smallest absolute Gasteiger partial charge is 0.432 e. The molecule has 0 atom stereocenters. The Balaban J connectivity index is 3.92. The molecule has 0 aliphatic carbocycles. The molecular weight excluding hydrogens is 306 g/mol. The average molecular weight is 314 g/mol. The molecule has 88 valence electrons. The molecule has 0 radical (unpaired) electrons. The fraction of sp³-hybridized carbons (Fsp3) is 0.667. The number of alkyl halides is 4. The van der Waals surface area contributed by atoms with Crippen LogP contribution in [0, 0.1) is 0 Å². The van der Waals surface area contributed by atoms with Gasteiger partial charge in [0.1, 0.15) is 0 Å². The number of hydrogen-bond acceptors (Lipinski definition) is 4. The van der Waals surface area contributed by atoms with Gasteiger partial charge >= 0.3 is 21.9 Å². The lowest BCUT2D eigenvalue weighted by molar-refractivity contribution is -0.139. The number of carbonyl (C=O) groups is 2. The van der Waals surface area contributed by atoms with Crippen LogP contribution in [0.1, 0.15) is 13.8 Å². The molecule has 0 rings (SSSR count). The van der Waals surface area contributed by atoms with Gasteiger partial charge in [0.25, 0.3) is 0 Å². The molecule has 0 bridgehead atoms. The van der Waals surface area contributed by atoms with Gasteiger partial charge in [0.15, 0.2) is 0 Å². The Hall–Kier alpha value is 0.317. The monoisotopic (exact) mass is 312 g/mol. The van der Waals surface area contributed by atoms with Crippen molar-refractivity contribution in [1.29, 1.82) is 0 Å². The molecule has 0 aromatic heterocycles. The van der Waals surface area contributed by atoms with Crippen molar-refractivity contribution in [2.75, 3.05) is 0 Å². The highest BCUT2D eigenvalue weighted by atomic mass is 35.5. The van der Waals surface area contributed by atoms with E-state index in [9.17, 15) is 9.59 Å². The Morgan fingerprint density at radius 3 is 1.40 bits per heavy atom. The SMILES string of the molecule is CC(Cl)(Cl)C(=O)O[SiH2]OC(=O)C(C)(Cl)Cl. The van der Waals surface area contributed by atoms with Crippen LogP contribution in [0.2, 0.25) is 0 Å². The van der Waals surface area contributed by atoms with Crippen LogP contribution in [-0.4, -0.2) is 30.6 Å². The molecular formula is C6H8Cl4O4Si. The van der Waals surface area contributed by atoms with E-state index in [1.807, 2.05) is 0 Å². The molecule has 15 heavy (non-hydrogen) atoms. The fourth-order valence-electron chi connectivity index (χ4n) is 0.390. The van der Waals surface area contributed by atoms with Crippen LogP contribution in [0.4, 0.5) is 0 Å². The molecule has 0 N–H and O–H groups in total. The third-order valence-corrected chi connectivity index (χ3v) is 2.47. The Morgan fingerprint density at radius 2 is 1.20 bits per heavy atom. The van der Waals surface area contributed by atoms with Gasteiger partial charge in [0.05, 0.1) is 0 Å². The van der Waals surface area contributed by atoms with Crippen LogP contribution < -0.4 is 0 Å². The topological polar surface area (TPSA) is 52.6 Å². The van der Waals surface area contributed by atoms with Crippen molar-refractivity contribution in [2.45, 2.75) is 22.5 Å². The van der Waals surface area contributed by atoms with Gasteiger partial charge in [0.2, 0.25) is 8.67 Å². The Bertz CT molecular complexity index is 231. The van der Waals surface area contributed by atoms with Gasteiger partial charge in [-0.25, -0.2) is 0 Å². The molecule has 0 amide bonds. The molecule has 0 spiro atoms. The summed E-state index contributed by atoms with van der Waals surface area (Å²) in [6, 6.07) is 0. The number of carbonyl (C=O) groups excluding carboxylic acids is 2. The summed E-state index contributed by atoms with van der Waals surface area (Å²) in [7, 11) is -1.88. The predicted molar refractivity (Wildman–Crippen MR) is 61.0 cm³/mol. The maximum Gasteiger partial charge on any atom is 0.432 e. The van der Waals surface area contributed by atoms with Crippen molar-refractivity contribution in [3.8, 4) is 0 Å². The van der Waals surface area contributed by atoms with Crippen molar-refractivity contribution in [2.24, 2.45) is 0 Å². The summed E-state index contributed by atoms with van der Waals surface area (Å²) in [6.45, 7) is 2.48. The first kappa shape index (κ1) is 15.3. The molecule has 0 heterocycles. The third-order valence-electron chi connectivity index (χ3n) is 1.10. The first-order valence-corrected chi connectivity index (χ1v) is 6.32. The van der Waals surface area contributed by atoms with E-state index in [2.05, 4.69) is 8.85 Å². The van der Waals surface area contributed by atoms with Gasteiger partial charge in [0, 0.05) is 0 Å². The zero-order valence-corrected chi connectivity index (χ0v) is 12.3. The molecule has 0 aliphatic heterocycles. The Kier molecular flexibility index (Phi) is 5.71. The minimum Gasteiger partial charge on any atom is -0.487 e. The lowest BCUT2D eigenvalue weighted by atomic mass is 10.5. The zero-order valence-electron chi connectivity index (χ0n) is 7.85. The summed E-state index contributed by atoms with van der Waals surface area (Å²) < 4.78 is 5.77. The highest BCUT2D eigenvalue weighted by molar-refractivity contribution is 6.59. The summed E-state index contributed by atoms with van der Waals surface area (Å²) in [5.74, 6) is -1.76.